The van der Waals surface area contributed by atoms with Crippen LogP contribution in [0.15, 0.2) is 59.5 Å². The number of hydrogen-bond acceptors (Lipinski definition) is 6. The minimum Gasteiger partial charge on any atom is -0.467 e. The number of hydrogen-bond donors (Lipinski definition) is 2. The number of imidazole rings is 1. The fourth-order valence-corrected chi connectivity index (χ4v) is 3.66. The molecule has 2 N–H and O–H groups in total. The first-order valence-corrected chi connectivity index (χ1v) is 10.3. The van der Waals surface area contributed by atoms with Gasteiger partial charge >= 0.3 is 6.18 Å². The molecule has 0 saturated heterocycles. The van der Waals surface area contributed by atoms with Gasteiger partial charge in [0.05, 0.1) is 22.9 Å². The maximum absolute atomic E-state index is 13.7. The van der Waals surface area contributed by atoms with Crippen LogP contribution in [0.3, 0.4) is 0 Å². The average molecular weight is 487 g/mol. The number of halogens is 3. The summed E-state index contributed by atoms with van der Waals surface area (Å²) in [6.07, 6.45) is -0.593. The fourth-order valence-electron chi connectivity index (χ4n) is 3.66. The molecule has 4 rings (SSSR count). The molecular weight excluding hydrogens is 467 g/mol. The van der Waals surface area contributed by atoms with Crippen molar-refractivity contribution in [2.75, 3.05) is 19.0 Å². The molecule has 35 heavy (non-hydrogen) atoms. The van der Waals surface area contributed by atoms with Crippen LogP contribution in [0.5, 0.6) is 0 Å². The number of carbonyl (C=O) groups excluding carboxylic acids is 2. The Morgan fingerprint density at radius 2 is 1.94 bits per heavy atom. The number of pyridine rings is 1. The summed E-state index contributed by atoms with van der Waals surface area (Å²) in [5, 5.41) is 4.57. The largest absolute Gasteiger partial charge is 0.467 e. The van der Waals surface area contributed by atoms with Gasteiger partial charge in [0, 0.05) is 37.8 Å². The summed E-state index contributed by atoms with van der Waals surface area (Å²) in [6, 6.07) is 6.28. The Balaban J connectivity index is 1.83. The van der Waals surface area contributed by atoms with E-state index in [2.05, 4.69) is 15.3 Å². The number of methoxy groups -OCH3 is 1. The third-order valence-electron chi connectivity index (χ3n) is 5.14. The van der Waals surface area contributed by atoms with Gasteiger partial charge in [-0.3, -0.25) is 14.6 Å². The second kappa shape index (κ2) is 9.58. The van der Waals surface area contributed by atoms with Gasteiger partial charge in [-0.2, -0.15) is 13.2 Å². The average Bonchev–Trinajstić information content (AvgIpc) is 3.45. The van der Waals surface area contributed by atoms with E-state index in [0.29, 0.717) is 16.9 Å². The molecular formula is C23H20F3N5O4. The zero-order valence-corrected chi connectivity index (χ0v) is 18.6. The van der Waals surface area contributed by atoms with E-state index in [4.69, 9.17) is 9.15 Å². The van der Waals surface area contributed by atoms with Gasteiger partial charge in [-0.25, -0.2) is 4.98 Å². The molecule has 0 saturated carbocycles. The number of ether oxygens (including phenoxy) is 1. The third-order valence-corrected chi connectivity index (χ3v) is 5.14. The number of benzene rings is 1. The van der Waals surface area contributed by atoms with Crippen LogP contribution < -0.4 is 10.6 Å². The van der Waals surface area contributed by atoms with E-state index >= 15 is 0 Å². The normalized spacial score (nSPS) is 12.5. The predicted molar refractivity (Wildman–Crippen MR) is 119 cm³/mol. The highest BCUT2D eigenvalue weighted by Gasteiger charge is 2.44. The number of furan rings is 1. The quantitative estimate of drug-likeness (QED) is 0.410. The van der Waals surface area contributed by atoms with Crippen molar-refractivity contribution in [2.24, 2.45) is 7.05 Å². The molecule has 2 amide bonds. The lowest BCUT2D eigenvalue weighted by Gasteiger charge is -2.20. The number of amides is 2. The fraction of sp³-hybridized carbons (Fsp3) is 0.217. The molecule has 1 unspecified atom stereocenters. The van der Waals surface area contributed by atoms with Gasteiger partial charge < -0.3 is 24.4 Å². The Bertz CT molecular complexity index is 1350. The number of aryl methyl sites for hydroxylation is 1. The van der Waals surface area contributed by atoms with E-state index in [1.54, 1.807) is 36.1 Å². The zero-order chi connectivity index (χ0) is 25.2. The van der Waals surface area contributed by atoms with Crippen LogP contribution in [0.2, 0.25) is 0 Å². The highest BCUT2D eigenvalue weighted by atomic mass is 19.4. The minimum absolute atomic E-state index is 0.119. The van der Waals surface area contributed by atoms with E-state index in [0.717, 1.165) is 12.3 Å². The zero-order valence-electron chi connectivity index (χ0n) is 18.6. The van der Waals surface area contributed by atoms with Crippen LogP contribution in [0.1, 0.15) is 22.2 Å². The number of carbonyl (C=O) groups is 2. The molecule has 9 nitrogen and oxygen atoms in total. The molecule has 3 heterocycles. The molecule has 12 heteroatoms. The van der Waals surface area contributed by atoms with Gasteiger partial charge in [-0.15, -0.1) is 0 Å². The maximum Gasteiger partial charge on any atom is 0.415 e. The number of nitrogens with one attached hydrogen (secondary N) is 2. The van der Waals surface area contributed by atoms with Gasteiger partial charge in [0.25, 0.3) is 5.91 Å². The number of fused-ring (bicyclic) bond motifs is 1. The molecule has 0 fully saturated rings. The van der Waals surface area contributed by atoms with E-state index < -0.39 is 29.8 Å². The van der Waals surface area contributed by atoms with Gasteiger partial charge in [0.1, 0.15) is 18.2 Å². The molecule has 3 aromatic heterocycles. The van der Waals surface area contributed by atoms with Gasteiger partial charge in [0.15, 0.2) is 6.04 Å². The topological polar surface area (TPSA) is 111 Å². The minimum atomic E-state index is -4.81. The molecule has 1 aromatic carbocycles. The van der Waals surface area contributed by atoms with Crippen LogP contribution in [0, 0.1) is 0 Å². The van der Waals surface area contributed by atoms with Gasteiger partial charge in [0.2, 0.25) is 5.91 Å². The monoisotopic (exact) mass is 487 g/mol. The Labute approximate surface area is 196 Å². The Kier molecular flexibility index (Phi) is 6.56. The molecule has 0 spiro atoms. The van der Waals surface area contributed by atoms with Crippen molar-refractivity contribution >= 4 is 28.5 Å². The second-order valence-electron chi connectivity index (χ2n) is 7.57. The third kappa shape index (κ3) is 5.01. The molecule has 182 valence electrons. The Hall–Kier alpha value is -4.19. The van der Waals surface area contributed by atoms with Gasteiger partial charge in [-0.05, 0) is 36.4 Å². The van der Waals surface area contributed by atoms with Crippen LogP contribution in [0.25, 0.3) is 22.4 Å². The maximum atomic E-state index is 13.7. The highest BCUT2D eigenvalue weighted by Crippen LogP contribution is 2.34. The van der Waals surface area contributed by atoms with E-state index in [-0.39, 0.29) is 23.4 Å². The van der Waals surface area contributed by atoms with E-state index in [1.165, 1.54) is 25.3 Å². The van der Waals surface area contributed by atoms with Gasteiger partial charge in [-0.1, -0.05) is 0 Å². The molecule has 0 aliphatic carbocycles. The van der Waals surface area contributed by atoms with Crippen molar-refractivity contribution in [3.8, 4) is 11.4 Å². The van der Waals surface area contributed by atoms with Crippen molar-refractivity contribution < 1.29 is 31.9 Å². The highest BCUT2D eigenvalue weighted by molar-refractivity contribution is 6.08. The van der Waals surface area contributed by atoms with Crippen molar-refractivity contribution in [2.45, 2.75) is 12.2 Å². The lowest BCUT2D eigenvalue weighted by Crippen LogP contribution is -2.38. The summed E-state index contributed by atoms with van der Waals surface area (Å²) in [7, 11) is 2.98. The summed E-state index contributed by atoms with van der Waals surface area (Å²) in [4.78, 5) is 33.8. The molecule has 1 atom stereocenters. The first-order chi connectivity index (χ1) is 16.7. The van der Waals surface area contributed by atoms with Crippen LogP contribution in [-0.2, 0) is 16.6 Å². The summed E-state index contributed by atoms with van der Waals surface area (Å²) in [6.45, 7) is -0.251. The number of alkyl halides is 3. The lowest BCUT2D eigenvalue weighted by atomic mass is 10.1. The number of anilines is 1. The van der Waals surface area contributed by atoms with E-state index in [1.807, 2.05) is 5.32 Å². The molecule has 0 bridgehead atoms. The summed E-state index contributed by atoms with van der Waals surface area (Å²) in [5.74, 6) is -1.54. The molecule has 0 aliphatic rings. The Morgan fingerprint density at radius 1 is 1.20 bits per heavy atom. The van der Waals surface area contributed by atoms with Crippen LogP contribution >= 0.6 is 0 Å². The lowest BCUT2D eigenvalue weighted by molar-refractivity contribution is -0.159. The van der Waals surface area contributed by atoms with Crippen LogP contribution in [0.4, 0.5) is 18.9 Å². The smallest absolute Gasteiger partial charge is 0.415 e. The summed E-state index contributed by atoms with van der Waals surface area (Å²) >= 11 is 0. The summed E-state index contributed by atoms with van der Waals surface area (Å²) < 4.78 is 52.5. The molecule has 0 radical (unpaired) electrons. The van der Waals surface area contributed by atoms with Crippen molar-refractivity contribution in [3.05, 3.63) is 66.4 Å². The predicted octanol–water partition coefficient (Wildman–Crippen LogP) is 3.85. The first-order valence-electron chi connectivity index (χ1n) is 10.3. The number of rotatable bonds is 7. The SMILES string of the molecule is COCC(=O)Nc1cc(C(=O)NC(c2ccco2)C(F)(F)F)c2c(c1)nc(-c1ccncc1)n2C. The first kappa shape index (κ1) is 24.0. The molecule has 4 aromatic rings. The number of aromatic nitrogens is 3. The van der Waals surface area contributed by atoms with Crippen LogP contribution in [-0.4, -0.2) is 46.2 Å². The van der Waals surface area contributed by atoms with E-state index in [9.17, 15) is 22.8 Å². The van der Waals surface area contributed by atoms with Crippen molar-refractivity contribution in [1.29, 1.82) is 0 Å². The van der Waals surface area contributed by atoms with Crippen molar-refractivity contribution in [1.82, 2.24) is 19.9 Å². The second-order valence-corrected chi connectivity index (χ2v) is 7.57. The van der Waals surface area contributed by atoms with Crippen molar-refractivity contribution in [3.63, 3.8) is 0 Å². The standard InChI is InChI=1S/C23H20F3N5O4/c1-31-19-15(22(33)30-20(23(24,25)26)17-4-3-9-35-17)10-14(28-18(32)12-34-2)11-16(19)29-21(31)13-5-7-27-8-6-13/h3-11,20H,12H2,1-2H3,(H,28,32)(H,30,33). The molecule has 0 aliphatic heterocycles. The number of nitrogens with zero attached hydrogens (tertiary/aromatic N) is 3. The summed E-state index contributed by atoms with van der Waals surface area (Å²) in [5.41, 5.74) is 1.30. The Morgan fingerprint density at radius 3 is 2.57 bits per heavy atom.